The number of nitrogens with one attached hydrogen (secondary N) is 1. The molecule has 1 aromatic heterocycles. The number of hydrogen-bond acceptors (Lipinski definition) is 8. The zero-order chi connectivity index (χ0) is 23.6. The predicted octanol–water partition coefficient (Wildman–Crippen LogP) is 3.71. The number of carbonyl (C=O) groups excluding carboxylic acids is 2. The highest BCUT2D eigenvalue weighted by Gasteiger charge is 2.67. The van der Waals surface area contributed by atoms with Crippen LogP contribution in [0.2, 0.25) is 0 Å². The van der Waals surface area contributed by atoms with E-state index in [0.29, 0.717) is 7.11 Å². The van der Waals surface area contributed by atoms with E-state index in [1.807, 2.05) is 0 Å². The fourth-order valence-electron chi connectivity index (χ4n) is 2.49. The number of methoxy groups -OCH3 is 1. The van der Waals surface area contributed by atoms with E-state index in [0.717, 1.165) is 18.2 Å². The van der Waals surface area contributed by atoms with Crippen LogP contribution in [0.5, 0.6) is 0 Å². The number of rotatable bonds is 5. The molecule has 0 saturated carbocycles. The summed E-state index contributed by atoms with van der Waals surface area (Å²) < 4.78 is 56.2. The molecule has 0 aliphatic heterocycles. The van der Waals surface area contributed by atoms with Crippen LogP contribution < -0.4 is 5.32 Å². The van der Waals surface area contributed by atoms with Crippen molar-refractivity contribution in [3.8, 4) is 11.3 Å². The molecule has 1 unspecified atom stereocenters. The van der Waals surface area contributed by atoms with Crippen molar-refractivity contribution in [2.75, 3.05) is 7.11 Å². The molecular formula is C18H18F3N3O7. The Morgan fingerprint density at radius 1 is 1.16 bits per heavy atom. The Kier molecular flexibility index (Phi) is 6.28. The maximum Gasteiger partial charge on any atom is 0.430 e. The van der Waals surface area contributed by atoms with Crippen LogP contribution in [0, 0.1) is 10.1 Å². The molecule has 1 N–H and O–H groups in total. The Balaban J connectivity index is 2.55. The van der Waals surface area contributed by atoms with Crippen molar-refractivity contribution >= 4 is 17.7 Å². The molecule has 1 amide bonds. The summed E-state index contributed by atoms with van der Waals surface area (Å²) in [6.07, 6.45) is -6.97. The minimum atomic E-state index is -5.41. The van der Waals surface area contributed by atoms with E-state index in [-0.39, 0.29) is 16.9 Å². The Hall–Kier alpha value is -3.64. The topological polar surface area (TPSA) is 134 Å². The summed E-state index contributed by atoms with van der Waals surface area (Å²) in [5, 5.41) is 15.7. The SMILES string of the molecule is COC(=O)C(NC(=O)OC(C)(C)C)(c1cc(-c2ccc([N+](=O)[O-])cc2)no1)C(F)(F)F. The van der Waals surface area contributed by atoms with Gasteiger partial charge in [-0.2, -0.15) is 13.2 Å². The van der Waals surface area contributed by atoms with Crippen molar-refractivity contribution in [3.63, 3.8) is 0 Å². The van der Waals surface area contributed by atoms with Crippen LogP contribution in [0.4, 0.5) is 23.7 Å². The van der Waals surface area contributed by atoms with Crippen LogP contribution in [0.15, 0.2) is 34.9 Å². The normalized spacial score (nSPS) is 13.8. The van der Waals surface area contributed by atoms with Crippen molar-refractivity contribution in [2.24, 2.45) is 0 Å². The molecule has 0 bridgehead atoms. The smallest absolute Gasteiger partial charge is 0.430 e. The van der Waals surface area contributed by atoms with E-state index in [4.69, 9.17) is 9.26 Å². The summed E-state index contributed by atoms with van der Waals surface area (Å²) >= 11 is 0. The highest BCUT2D eigenvalue weighted by molar-refractivity contribution is 5.88. The summed E-state index contributed by atoms with van der Waals surface area (Å²) in [6.45, 7) is 4.25. The highest BCUT2D eigenvalue weighted by Crippen LogP contribution is 2.41. The number of aromatic nitrogens is 1. The van der Waals surface area contributed by atoms with Crippen molar-refractivity contribution in [3.05, 3.63) is 46.2 Å². The summed E-state index contributed by atoms with van der Waals surface area (Å²) in [5.41, 5.74) is -5.18. The fraction of sp³-hybridized carbons (Fsp3) is 0.389. The number of halogens is 3. The zero-order valence-corrected chi connectivity index (χ0v) is 16.8. The largest absolute Gasteiger partial charge is 0.467 e. The summed E-state index contributed by atoms with van der Waals surface area (Å²) in [6, 6.07) is 5.45. The molecule has 10 nitrogen and oxygen atoms in total. The maximum atomic E-state index is 14.1. The van der Waals surface area contributed by atoms with Crippen molar-refractivity contribution < 1.29 is 41.7 Å². The van der Waals surface area contributed by atoms with E-state index >= 15 is 0 Å². The fourth-order valence-corrected chi connectivity index (χ4v) is 2.49. The van der Waals surface area contributed by atoms with Gasteiger partial charge in [-0.25, -0.2) is 9.59 Å². The molecule has 2 rings (SSSR count). The van der Waals surface area contributed by atoms with E-state index in [9.17, 15) is 32.9 Å². The van der Waals surface area contributed by atoms with Crippen molar-refractivity contribution in [2.45, 2.75) is 38.1 Å². The number of nitro benzene ring substituents is 1. The zero-order valence-electron chi connectivity index (χ0n) is 16.8. The second-order valence-electron chi connectivity index (χ2n) is 7.25. The van der Waals surface area contributed by atoms with Crippen LogP contribution in [0.3, 0.4) is 0 Å². The molecule has 0 saturated heterocycles. The number of alkyl carbamates (subject to hydrolysis) is 1. The molecule has 1 aromatic carbocycles. The number of nitrogens with zero attached hydrogens (tertiary/aromatic N) is 2. The monoisotopic (exact) mass is 445 g/mol. The number of non-ortho nitro benzene ring substituents is 1. The van der Waals surface area contributed by atoms with E-state index in [1.54, 1.807) is 0 Å². The Bertz CT molecular complexity index is 981. The number of nitro groups is 1. The number of carbonyl (C=O) groups is 2. The molecule has 0 spiro atoms. The molecule has 1 atom stereocenters. The average molecular weight is 445 g/mol. The lowest BCUT2D eigenvalue weighted by atomic mass is 9.94. The number of amides is 1. The third kappa shape index (κ3) is 4.92. The van der Waals surface area contributed by atoms with Crippen LogP contribution in [0.25, 0.3) is 11.3 Å². The molecular weight excluding hydrogens is 427 g/mol. The first kappa shape index (κ1) is 23.6. The second kappa shape index (κ2) is 8.24. The van der Waals surface area contributed by atoms with Crippen molar-refractivity contribution in [1.82, 2.24) is 10.5 Å². The van der Waals surface area contributed by atoms with Crippen LogP contribution in [-0.4, -0.2) is 41.0 Å². The second-order valence-corrected chi connectivity index (χ2v) is 7.25. The van der Waals surface area contributed by atoms with Crippen LogP contribution in [0.1, 0.15) is 26.5 Å². The molecule has 1 heterocycles. The van der Waals surface area contributed by atoms with Gasteiger partial charge in [0.25, 0.3) is 11.2 Å². The third-order valence-electron chi connectivity index (χ3n) is 3.86. The standard InChI is InChI=1S/C18H18F3N3O7/c1-16(2,3)30-15(26)22-17(14(25)29-4,18(19,20)21)13-9-12(23-31-13)10-5-7-11(8-6-10)24(27)28/h5-9H,1-4H3,(H,22,26). The van der Waals surface area contributed by atoms with Crippen LogP contribution in [-0.2, 0) is 19.8 Å². The number of esters is 1. The lowest BCUT2D eigenvalue weighted by Crippen LogP contribution is -2.62. The number of alkyl halides is 3. The van der Waals surface area contributed by atoms with Gasteiger partial charge in [0.2, 0.25) is 0 Å². The molecule has 13 heteroatoms. The number of hydrogen-bond donors (Lipinski definition) is 1. The van der Waals surface area contributed by atoms with E-state index < -0.39 is 40.1 Å². The summed E-state index contributed by atoms with van der Waals surface area (Å²) in [4.78, 5) is 34.5. The summed E-state index contributed by atoms with van der Waals surface area (Å²) in [7, 11) is 0.702. The van der Waals surface area contributed by atoms with Gasteiger partial charge >= 0.3 is 18.2 Å². The van der Waals surface area contributed by atoms with Gasteiger partial charge in [-0.05, 0) is 32.9 Å². The lowest BCUT2D eigenvalue weighted by molar-refractivity contribution is -0.384. The van der Waals surface area contributed by atoms with Gasteiger partial charge in [-0.1, -0.05) is 5.16 Å². The number of ether oxygens (including phenoxy) is 2. The van der Waals surface area contributed by atoms with Gasteiger partial charge in [0.05, 0.1) is 12.0 Å². The van der Waals surface area contributed by atoms with Gasteiger partial charge in [-0.15, -0.1) is 0 Å². The maximum absolute atomic E-state index is 14.1. The first-order valence-electron chi connectivity index (χ1n) is 8.59. The lowest BCUT2D eigenvalue weighted by Gasteiger charge is -2.32. The molecule has 31 heavy (non-hydrogen) atoms. The Morgan fingerprint density at radius 3 is 2.19 bits per heavy atom. The van der Waals surface area contributed by atoms with Gasteiger partial charge in [0.15, 0.2) is 5.76 Å². The predicted molar refractivity (Wildman–Crippen MR) is 97.7 cm³/mol. The molecule has 0 aliphatic rings. The molecule has 2 aromatic rings. The van der Waals surface area contributed by atoms with E-state index in [2.05, 4.69) is 9.89 Å². The van der Waals surface area contributed by atoms with Gasteiger partial charge in [-0.3, -0.25) is 15.4 Å². The van der Waals surface area contributed by atoms with Gasteiger partial charge in [0, 0.05) is 23.8 Å². The molecule has 0 aliphatic carbocycles. The number of benzene rings is 1. The molecule has 0 fully saturated rings. The summed E-state index contributed by atoms with van der Waals surface area (Å²) in [5.74, 6) is -2.98. The molecule has 168 valence electrons. The van der Waals surface area contributed by atoms with Crippen LogP contribution >= 0.6 is 0 Å². The van der Waals surface area contributed by atoms with Crippen molar-refractivity contribution in [1.29, 1.82) is 0 Å². The first-order chi connectivity index (χ1) is 14.2. The van der Waals surface area contributed by atoms with Gasteiger partial charge < -0.3 is 14.0 Å². The van der Waals surface area contributed by atoms with E-state index in [1.165, 1.54) is 38.2 Å². The molecule has 0 radical (unpaired) electrons. The minimum Gasteiger partial charge on any atom is -0.467 e. The quantitative estimate of drug-likeness (QED) is 0.418. The van der Waals surface area contributed by atoms with Gasteiger partial charge in [0.1, 0.15) is 11.3 Å². The Morgan fingerprint density at radius 2 is 1.74 bits per heavy atom. The first-order valence-corrected chi connectivity index (χ1v) is 8.59. The Labute approximate surface area is 173 Å². The third-order valence-corrected chi connectivity index (χ3v) is 3.86. The average Bonchev–Trinajstić information content (AvgIpc) is 3.13. The minimum absolute atomic E-state index is 0.166. The highest BCUT2D eigenvalue weighted by atomic mass is 19.4.